The number of benzene rings is 1. The summed E-state index contributed by atoms with van der Waals surface area (Å²) in [5.41, 5.74) is 5.18. The maximum absolute atomic E-state index is 13.5. The molecule has 0 bridgehead atoms. The summed E-state index contributed by atoms with van der Waals surface area (Å²) in [6.45, 7) is 1.86. The number of hydrogen-bond acceptors (Lipinski definition) is 3. The molecule has 1 aliphatic rings. The van der Waals surface area contributed by atoms with Gasteiger partial charge in [-0.25, -0.2) is 4.39 Å². The van der Waals surface area contributed by atoms with Gasteiger partial charge in [0.2, 0.25) is 5.91 Å². The second-order valence-corrected chi connectivity index (χ2v) is 5.00. The van der Waals surface area contributed by atoms with Gasteiger partial charge in [0, 0.05) is 12.1 Å². The van der Waals surface area contributed by atoms with Crippen LogP contribution in [-0.2, 0) is 4.79 Å². The van der Waals surface area contributed by atoms with E-state index in [1.807, 2.05) is 0 Å². The second kappa shape index (κ2) is 6.47. The third kappa shape index (κ3) is 3.77. The zero-order valence-corrected chi connectivity index (χ0v) is 11.1. The van der Waals surface area contributed by atoms with E-state index in [4.69, 9.17) is 5.73 Å². The molecule has 20 heavy (non-hydrogen) atoms. The molecule has 0 unspecified atom stereocenters. The van der Waals surface area contributed by atoms with Gasteiger partial charge in [-0.1, -0.05) is 0 Å². The maximum Gasteiger partial charge on any atom is 0.251 e. The molecule has 0 spiro atoms. The molecule has 1 aromatic rings. The molecule has 5 nitrogen and oxygen atoms in total. The molecule has 2 rings (SSSR count). The average molecular weight is 279 g/mol. The SMILES string of the molecule is NC(=O)c1ccc(NC(=O)CC2CCNCC2)cc1F. The first kappa shape index (κ1) is 14.5. The van der Waals surface area contributed by atoms with Crippen molar-refractivity contribution in [3.05, 3.63) is 29.6 Å². The molecule has 1 fully saturated rings. The van der Waals surface area contributed by atoms with Gasteiger partial charge in [0.05, 0.1) is 5.56 Å². The third-order valence-electron chi connectivity index (χ3n) is 3.45. The molecule has 1 saturated heterocycles. The summed E-state index contributed by atoms with van der Waals surface area (Å²) in [6.07, 6.45) is 2.38. The van der Waals surface area contributed by atoms with Crippen LogP contribution >= 0.6 is 0 Å². The van der Waals surface area contributed by atoms with Crippen molar-refractivity contribution in [3.63, 3.8) is 0 Å². The lowest BCUT2D eigenvalue weighted by Crippen LogP contribution is -2.30. The van der Waals surface area contributed by atoms with Crippen LogP contribution in [-0.4, -0.2) is 24.9 Å². The summed E-state index contributed by atoms with van der Waals surface area (Å²) < 4.78 is 13.5. The summed E-state index contributed by atoms with van der Waals surface area (Å²) in [7, 11) is 0. The molecule has 0 aromatic heterocycles. The fourth-order valence-electron chi connectivity index (χ4n) is 2.35. The standard InChI is InChI=1S/C14H18FN3O2/c15-12-8-10(1-2-11(12)14(16)20)18-13(19)7-9-3-5-17-6-4-9/h1-2,8-9,17H,3-7H2,(H2,16,20)(H,18,19). The van der Waals surface area contributed by atoms with Gasteiger partial charge < -0.3 is 16.4 Å². The van der Waals surface area contributed by atoms with Crippen LogP contribution in [0.15, 0.2) is 18.2 Å². The molecular formula is C14H18FN3O2. The predicted octanol–water partition coefficient (Wildman–Crippen LogP) is 1.25. The maximum atomic E-state index is 13.5. The van der Waals surface area contributed by atoms with Crippen LogP contribution in [0.4, 0.5) is 10.1 Å². The van der Waals surface area contributed by atoms with Gasteiger partial charge in [-0.05, 0) is 50.0 Å². The number of anilines is 1. The number of rotatable bonds is 4. The van der Waals surface area contributed by atoms with Crippen molar-refractivity contribution in [2.75, 3.05) is 18.4 Å². The number of hydrogen-bond donors (Lipinski definition) is 3. The van der Waals surface area contributed by atoms with Crippen molar-refractivity contribution in [1.29, 1.82) is 0 Å². The molecule has 4 N–H and O–H groups in total. The van der Waals surface area contributed by atoms with Crippen molar-refractivity contribution in [2.45, 2.75) is 19.3 Å². The highest BCUT2D eigenvalue weighted by Crippen LogP contribution is 2.18. The van der Waals surface area contributed by atoms with E-state index in [1.54, 1.807) is 0 Å². The predicted molar refractivity (Wildman–Crippen MR) is 73.8 cm³/mol. The Balaban J connectivity index is 1.93. The Hall–Kier alpha value is -1.95. The lowest BCUT2D eigenvalue weighted by Gasteiger charge is -2.21. The molecule has 1 aliphatic heterocycles. The molecule has 2 amide bonds. The van der Waals surface area contributed by atoms with Crippen LogP contribution < -0.4 is 16.4 Å². The molecule has 1 aromatic carbocycles. The first-order valence-electron chi connectivity index (χ1n) is 6.66. The minimum absolute atomic E-state index is 0.136. The minimum atomic E-state index is -0.824. The van der Waals surface area contributed by atoms with E-state index >= 15 is 0 Å². The van der Waals surface area contributed by atoms with Gasteiger partial charge in [0.1, 0.15) is 5.82 Å². The summed E-state index contributed by atoms with van der Waals surface area (Å²) in [5, 5.41) is 5.88. The fraction of sp³-hybridized carbons (Fsp3) is 0.429. The molecule has 0 aliphatic carbocycles. The largest absolute Gasteiger partial charge is 0.366 e. The van der Waals surface area contributed by atoms with Gasteiger partial charge in [-0.3, -0.25) is 9.59 Å². The lowest BCUT2D eigenvalue weighted by molar-refractivity contribution is -0.117. The summed E-state index contributed by atoms with van der Waals surface area (Å²) >= 11 is 0. The van der Waals surface area contributed by atoms with Crippen LogP contribution in [0.25, 0.3) is 0 Å². The van der Waals surface area contributed by atoms with E-state index in [2.05, 4.69) is 10.6 Å². The quantitative estimate of drug-likeness (QED) is 0.775. The number of carbonyl (C=O) groups excluding carboxylic acids is 2. The number of nitrogens with one attached hydrogen (secondary N) is 2. The molecule has 108 valence electrons. The Morgan fingerprint density at radius 3 is 2.65 bits per heavy atom. The molecule has 1 heterocycles. The summed E-state index contributed by atoms with van der Waals surface area (Å²) in [5.74, 6) is -1.32. The number of amides is 2. The first-order valence-corrected chi connectivity index (χ1v) is 6.66. The topological polar surface area (TPSA) is 84.2 Å². The van der Waals surface area contributed by atoms with Gasteiger partial charge in [-0.2, -0.15) is 0 Å². The minimum Gasteiger partial charge on any atom is -0.366 e. The van der Waals surface area contributed by atoms with E-state index in [0.717, 1.165) is 32.0 Å². The highest BCUT2D eigenvalue weighted by atomic mass is 19.1. The van der Waals surface area contributed by atoms with Crippen molar-refractivity contribution < 1.29 is 14.0 Å². The van der Waals surface area contributed by atoms with Gasteiger partial charge >= 0.3 is 0 Å². The Kier molecular flexibility index (Phi) is 4.68. The zero-order chi connectivity index (χ0) is 14.5. The van der Waals surface area contributed by atoms with Crippen molar-refractivity contribution in [2.24, 2.45) is 11.7 Å². The van der Waals surface area contributed by atoms with Crippen molar-refractivity contribution in [1.82, 2.24) is 5.32 Å². The monoisotopic (exact) mass is 279 g/mol. The van der Waals surface area contributed by atoms with E-state index in [-0.39, 0.29) is 11.5 Å². The van der Waals surface area contributed by atoms with Crippen LogP contribution in [0, 0.1) is 11.7 Å². The summed E-state index contributed by atoms with van der Waals surface area (Å²) in [4.78, 5) is 22.8. The Bertz CT molecular complexity index is 513. The van der Waals surface area contributed by atoms with Crippen LogP contribution in [0.3, 0.4) is 0 Å². The smallest absolute Gasteiger partial charge is 0.251 e. The highest BCUT2D eigenvalue weighted by molar-refractivity contribution is 5.95. The summed E-state index contributed by atoms with van der Waals surface area (Å²) in [6, 6.07) is 3.86. The Labute approximate surface area is 116 Å². The molecule has 6 heteroatoms. The fourth-order valence-corrected chi connectivity index (χ4v) is 2.35. The number of nitrogens with two attached hydrogens (primary N) is 1. The van der Waals surface area contributed by atoms with E-state index in [0.29, 0.717) is 18.0 Å². The van der Waals surface area contributed by atoms with Gasteiger partial charge in [0.15, 0.2) is 0 Å². The Morgan fingerprint density at radius 1 is 1.35 bits per heavy atom. The third-order valence-corrected chi connectivity index (χ3v) is 3.45. The molecule has 0 saturated carbocycles. The molecule has 0 radical (unpaired) electrons. The first-order chi connectivity index (χ1) is 9.56. The Morgan fingerprint density at radius 2 is 2.05 bits per heavy atom. The highest BCUT2D eigenvalue weighted by Gasteiger charge is 2.17. The number of carbonyl (C=O) groups is 2. The van der Waals surface area contributed by atoms with Crippen molar-refractivity contribution >= 4 is 17.5 Å². The normalized spacial score (nSPS) is 15.8. The van der Waals surface area contributed by atoms with Crippen LogP contribution in [0.1, 0.15) is 29.6 Å². The number of halogens is 1. The molecular weight excluding hydrogens is 261 g/mol. The number of piperidine rings is 1. The van der Waals surface area contributed by atoms with Gasteiger partial charge in [-0.15, -0.1) is 0 Å². The second-order valence-electron chi connectivity index (χ2n) is 5.00. The van der Waals surface area contributed by atoms with Crippen LogP contribution in [0.5, 0.6) is 0 Å². The van der Waals surface area contributed by atoms with Crippen molar-refractivity contribution in [3.8, 4) is 0 Å². The number of primary amides is 1. The molecule has 0 atom stereocenters. The average Bonchev–Trinajstić information content (AvgIpc) is 2.39. The van der Waals surface area contributed by atoms with E-state index < -0.39 is 11.7 Å². The van der Waals surface area contributed by atoms with E-state index in [9.17, 15) is 14.0 Å². The van der Waals surface area contributed by atoms with Crippen LogP contribution in [0.2, 0.25) is 0 Å². The lowest BCUT2D eigenvalue weighted by atomic mass is 9.94. The zero-order valence-electron chi connectivity index (χ0n) is 11.1. The van der Waals surface area contributed by atoms with E-state index in [1.165, 1.54) is 12.1 Å². The van der Waals surface area contributed by atoms with Gasteiger partial charge in [0.25, 0.3) is 5.91 Å².